The average Bonchev–Trinajstić information content (AvgIpc) is 2.88. The second kappa shape index (κ2) is 7.59. The van der Waals surface area contributed by atoms with Crippen LogP contribution in [0, 0.1) is 0 Å². The first-order valence-corrected chi connectivity index (χ1v) is 10.3. The number of nitrogens with zero attached hydrogens (tertiary/aromatic N) is 1. The number of carbonyl (C=O) groups is 2. The van der Waals surface area contributed by atoms with Crippen LogP contribution in [0.2, 0.25) is 10.0 Å². The van der Waals surface area contributed by atoms with E-state index < -0.39 is 33.8 Å². The van der Waals surface area contributed by atoms with Crippen LogP contribution in [-0.2, 0) is 14.8 Å². The Hall–Kier alpha value is -1.55. The Kier molecular flexibility index (Phi) is 5.61. The minimum Gasteiger partial charge on any atom is -0.490 e. The molecule has 0 aliphatic carbocycles. The van der Waals surface area contributed by atoms with Crippen molar-refractivity contribution < 1.29 is 22.7 Å². The maximum Gasteiger partial charge on any atom is 0.322 e. The van der Waals surface area contributed by atoms with Crippen molar-refractivity contribution >= 4 is 45.2 Å². The van der Waals surface area contributed by atoms with Crippen molar-refractivity contribution in [2.24, 2.45) is 0 Å². The minimum atomic E-state index is -3.67. The monoisotopic (exact) mass is 421 g/mol. The van der Waals surface area contributed by atoms with Gasteiger partial charge in [0.2, 0.25) is 10.0 Å². The number of hydrogen-bond acceptors (Lipinski definition) is 5. The van der Waals surface area contributed by atoms with Crippen LogP contribution in [0.15, 0.2) is 18.2 Å². The van der Waals surface area contributed by atoms with Crippen molar-refractivity contribution in [3.8, 4) is 5.75 Å². The minimum absolute atomic E-state index is 0.145. The zero-order valence-electron chi connectivity index (χ0n) is 13.6. The summed E-state index contributed by atoms with van der Waals surface area (Å²) in [6.45, 7) is 0.549. The molecule has 1 aromatic carbocycles. The molecule has 11 heteroatoms. The molecular weight excluding hydrogens is 405 g/mol. The first-order valence-electron chi connectivity index (χ1n) is 7.95. The molecule has 2 saturated heterocycles. The van der Waals surface area contributed by atoms with Gasteiger partial charge in [-0.25, -0.2) is 17.5 Å². The second-order valence-corrected chi connectivity index (χ2v) is 8.91. The first kappa shape index (κ1) is 19.2. The van der Waals surface area contributed by atoms with Gasteiger partial charge in [-0.3, -0.25) is 10.1 Å². The summed E-state index contributed by atoms with van der Waals surface area (Å²) in [5.74, 6) is -0.509. The fourth-order valence-corrected chi connectivity index (χ4v) is 4.79. The summed E-state index contributed by atoms with van der Waals surface area (Å²) < 4.78 is 32.1. The number of benzene rings is 1. The zero-order chi connectivity index (χ0) is 18.9. The van der Waals surface area contributed by atoms with Crippen LogP contribution >= 0.6 is 23.2 Å². The highest BCUT2D eigenvalue weighted by Crippen LogP contribution is 2.28. The largest absolute Gasteiger partial charge is 0.490 e. The summed E-state index contributed by atoms with van der Waals surface area (Å²) in [7, 11) is -3.67. The summed E-state index contributed by atoms with van der Waals surface area (Å²) in [5.41, 5.74) is 0. The maximum absolute atomic E-state index is 12.5. The van der Waals surface area contributed by atoms with Crippen LogP contribution in [0.4, 0.5) is 4.79 Å². The fourth-order valence-electron chi connectivity index (χ4n) is 2.86. The molecule has 0 spiro atoms. The average molecular weight is 422 g/mol. The molecule has 1 atom stereocenters. The second-order valence-electron chi connectivity index (χ2n) is 6.09. The lowest BCUT2D eigenvalue weighted by Crippen LogP contribution is -2.47. The van der Waals surface area contributed by atoms with Crippen molar-refractivity contribution in [3.05, 3.63) is 28.2 Å². The van der Waals surface area contributed by atoms with Gasteiger partial charge in [0.15, 0.2) is 0 Å². The van der Waals surface area contributed by atoms with Crippen molar-refractivity contribution in [1.82, 2.24) is 14.9 Å². The number of amides is 3. The molecule has 2 N–H and O–H groups in total. The quantitative estimate of drug-likeness (QED) is 0.698. The van der Waals surface area contributed by atoms with Crippen LogP contribution in [0.5, 0.6) is 5.75 Å². The molecule has 3 rings (SSSR count). The van der Waals surface area contributed by atoms with E-state index in [4.69, 9.17) is 27.9 Å². The Morgan fingerprint density at radius 3 is 2.42 bits per heavy atom. The number of ether oxygens (including phenoxy) is 1. The van der Waals surface area contributed by atoms with Crippen molar-refractivity contribution in [2.75, 3.05) is 18.8 Å². The van der Waals surface area contributed by atoms with Gasteiger partial charge in [-0.2, -0.15) is 0 Å². The molecule has 0 radical (unpaired) electrons. The molecule has 2 aliphatic rings. The molecular formula is C15H17Cl2N3O5S. The zero-order valence-corrected chi connectivity index (χ0v) is 15.9. The number of urea groups is 1. The third kappa shape index (κ3) is 4.40. The van der Waals surface area contributed by atoms with E-state index in [1.54, 1.807) is 18.2 Å². The highest BCUT2D eigenvalue weighted by Gasteiger charge is 2.37. The third-order valence-electron chi connectivity index (χ3n) is 4.22. The number of imide groups is 1. The number of rotatable bonds is 5. The van der Waals surface area contributed by atoms with Crippen molar-refractivity contribution in [2.45, 2.75) is 25.0 Å². The number of nitrogens with one attached hydrogen (secondary N) is 2. The fraction of sp³-hybridized carbons (Fsp3) is 0.467. The van der Waals surface area contributed by atoms with E-state index in [9.17, 15) is 18.0 Å². The smallest absolute Gasteiger partial charge is 0.322 e. The Morgan fingerprint density at radius 2 is 1.85 bits per heavy atom. The summed E-state index contributed by atoms with van der Waals surface area (Å²) >= 11 is 11.8. The molecule has 1 aromatic rings. The lowest BCUT2D eigenvalue weighted by atomic mass is 10.1. The Morgan fingerprint density at radius 1 is 1.15 bits per heavy atom. The Labute approximate surface area is 160 Å². The summed E-state index contributed by atoms with van der Waals surface area (Å²) in [6, 6.07) is 3.23. The summed E-state index contributed by atoms with van der Waals surface area (Å²) in [5, 5.41) is 5.14. The lowest BCUT2D eigenvalue weighted by molar-refractivity contribution is -0.119. The number of hydrogen-bond donors (Lipinski definition) is 2. The van der Waals surface area contributed by atoms with Crippen molar-refractivity contribution in [1.29, 1.82) is 0 Å². The highest BCUT2D eigenvalue weighted by atomic mass is 35.5. The van der Waals surface area contributed by atoms with Gasteiger partial charge in [0.25, 0.3) is 5.91 Å². The number of piperidine rings is 1. The molecule has 2 heterocycles. The van der Waals surface area contributed by atoms with E-state index in [2.05, 4.69) is 5.32 Å². The van der Waals surface area contributed by atoms with Gasteiger partial charge in [-0.15, -0.1) is 0 Å². The Balaban J connectivity index is 1.54. The van der Waals surface area contributed by atoms with E-state index in [-0.39, 0.29) is 19.2 Å². The van der Waals surface area contributed by atoms with Crippen LogP contribution in [0.3, 0.4) is 0 Å². The number of halogens is 2. The van der Waals surface area contributed by atoms with Crippen LogP contribution < -0.4 is 15.4 Å². The van der Waals surface area contributed by atoms with Gasteiger partial charge in [0.05, 0.1) is 15.8 Å². The molecule has 0 saturated carbocycles. The molecule has 8 nitrogen and oxygen atoms in total. The van der Waals surface area contributed by atoms with Gasteiger partial charge in [-0.1, -0.05) is 23.2 Å². The van der Waals surface area contributed by atoms with Crippen LogP contribution in [0.1, 0.15) is 12.8 Å². The molecule has 2 aliphatic heterocycles. The van der Waals surface area contributed by atoms with Gasteiger partial charge in [-0.05, 0) is 25.0 Å². The molecule has 0 bridgehead atoms. The van der Waals surface area contributed by atoms with Gasteiger partial charge in [0.1, 0.15) is 17.9 Å². The third-order valence-corrected chi connectivity index (χ3v) is 6.87. The maximum atomic E-state index is 12.5. The summed E-state index contributed by atoms with van der Waals surface area (Å²) in [4.78, 5) is 22.6. The standard InChI is InChI=1S/C15H17Cl2N3O5S/c16-11-2-1-10(7-12(11)17)25-9-3-5-20(6-4-9)26(23,24)8-13-14(21)19-15(22)18-13/h1-2,7,9,13H,3-6,8H2,(H2,18,19,21,22)/t13-/m1/s1. The molecule has 142 valence electrons. The van der Waals surface area contributed by atoms with Crippen LogP contribution in [-0.4, -0.2) is 55.6 Å². The van der Waals surface area contributed by atoms with E-state index in [0.29, 0.717) is 28.6 Å². The number of carbonyl (C=O) groups excluding carboxylic acids is 2. The molecule has 26 heavy (non-hydrogen) atoms. The first-order chi connectivity index (χ1) is 12.2. The molecule has 0 unspecified atom stereocenters. The predicted octanol–water partition coefficient (Wildman–Crippen LogP) is 1.37. The topological polar surface area (TPSA) is 105 Å². The Bertz CT molecular complexity index is 825. The van der Waals surface area contributed by atoms with E-state index in [1.807, 2.05) is 5.32 Å². The molecule has 3 amide bonds. The van der Waals surface area contributed by atoms with E-state index in [0.717, 1.165) is 0 Å². The van der Waals surface area contributed by atoms with E-state index >= 15 is 0 Å². The number of sulfonamides is 1. The van der Waals surface area contributed by atoms with Gasteiger partial charge >= 0.3 is 6.03 Å². The van der Waals surface area contributed by atoms with Gasteiger partial charge in [0, 0.05) is 19.2 Å². The molecule has 0 aromatic heterocycles. The van der Waals surface area contributed by atoms with E-state index in [1.165, 1.54) is 4.31 Å². The van der Waals surface area contributed by atoms with Gasteiger partial charge < -0.3 is 10.1 Å². The highest BCUT2D eigenvalue weighted by molar-refractivity contribution is 7.89. The SMILES string of the molecule is O=C1NC(=O)[C@@H](CS(=O)(=O)N2CCC(Oc3ccc(Cl)c(Cl)c3)CC2)N1. The normalized spacial score (nSPS) is 22.2. The predicted molar refractivity (Wildman–Crippen MR) is 95.9 cm³/mol. The molecule has 2 fully saturated rings. The lowest BCUT2D eigenvalue weighted by Gasteiger charge is -2.31. The summed E-state index contributed by atoms with van der Waals surface area (Å²) in [6.07, 6.45) is 0.860. The van der Waals surface area contributed by atoms with Crippen LogP contribution in [0.25, 0.3) is 0 Å². The van der Waals surface area contributed by atoms with Crippen molar-refractivity contribution in [3.63, 3.8) is 0 Å².